The molecule has 0 saturated heterocycles. The van der Waals surface area contributed by atoms with Gasteiger partial charge in [-0.15, -0.1) is 13.2 Å². The molecule has 0 aliphatic carbocycles. The van der Waals surface area contributed by atoms with Gasteiger partial charge >= 0.3 is 18.3 Å². The van der Waals surface area contributed by atoms with Crippen LogP contribution in [0.2, 0.25) is 5.02 Å². The SMILES string of the molecule is COC(=O)C(=COCc1ccccc1OC(F)(F)F)Oc1ccc(Cl)cc1C(=O)O. The third kappa shape index (κ3) is 6.59. The zero-order valence-electron chi connectivity index (χ0n) is 15.2. The molecule has 7 nitrogen and oxygen atoms in total. The first kappa shape index (κ1) is 22.9. The number of ether oxygens (including phenoxy) is 4. The summed E-state index contributed by atoms with van der Waals surface area (Å²) in [6.07, 6.45) is -4.11. The van der Waals surface area contributed by atoms with Crippen LogP contribution in [0.3, 0.4) is 0 Å². The molecule has 0 amide bonds. The molecule has 0 atom stereocenters. The maximum absolute atomic E-state index is 12.5. The number of rotatable bonds is 8. The number of carbonyl (C=O) groups excluding carboxylic acids is 1. The van der Waals surface area contributed by atoms with Gasteiger partial charge in [0.25, 0.3) is 0 Å². The highest BCUT2D eigenvalue weighted by Gasteiger charge is 2.32. The molecule has 2 aromatic carbocycles. The predicted molar refractivity (Wildman–Crippen MR) is 97.1 cm³/mol. The summed E-state index contributed by atoms with van der Waals surface area (Å²) in [5, 5.41) is 9.36. The van der Waals surface area contributed by atoms with Crippen molar-refractivity contribution in [2.75, 3.05) is 7.11 Å². The number of hydrogen-bond donors (Lipinski definition) is 1. The Morgan fingerprint density at radius 2 is 1.83 bits per heavy atom. The van der Waals surface area contributed by atoms with Crippen LogP contribution in [0.1, 0.15) is 15.9 Å². The predicted octanol–water partition coefficient (Wildman–Crippen LogP) is 4.55. The highest BCUT2D eigenvalue weighted by Crippen LogP contribution is 2.28. The standard InChI is InChI=1S/C19H14ClF3O7/c1-27-18(26)16(29-15-7-6-12(20)8-13(15)17(24)25)10-28-9-11-4-2-3-5-14(11)30-19(21,22)23/h2-8,10H,9H2,1H3,(H,24,25). The highest BCUT2D eigenvalue weighted by molar-refractivity contribution is 6.31. The van der Waals surface area contributed by atoms with Gasteiger partial charge in [-0.3, -0.25) is 0 Å². The number of carboxylic acids is 1. The van der Waals surface area contributed by atoms with Gasteiger partial charge in [0.15, 0.2) is 0 Å². The quantitative estimate of drug-likeness (QED) is 0.361. The molecule has 0 aromatic heterocycles. The summed E-state index contributed by atoms with van der Waals surface area (Å²) in [5.41, 5.74) is -0.297. The van der Waals surface area contributed by atoms with Gasteiger partial charge in [0.2, 0.25) is 5.76 Å². The van der Waals surface area contributed by atoms with Crippen molar-refractivity contribution in [3.63, 3.8) is 0 Å². The first-order chi connectivity index (χ1) is 14.1. The van der Waals surface area contributed by atoms with Crippen LogP contribution >= 0.6 is 11.6 Å². The molecule has 160 valence electrons. The van der Waals surface area contributed by atoms with E-state index >= 15 is 0 Å². The van der Waals surface area contributed by atoms with Crippen LogP contribution in [0.25, 0.3) is 0 Å². The number of halogens is 4. The van der Waals surface area contributed by atoms with E-state index in [4.69, 9.17) is 21.1 Å². The molecular formula is C19H14ClF3O7. The first-order valence-electron chi connectivity index (χ1n) is 8.05. The summed E-state index contributed by atoms with van der Waals surface area (Å²) in [6, 6.07) is 8.90. The fourth-order valence-corrected chi connectivity index (χ4v) is 2.32. The van der Waals surface area contributed by atoms with Crippen molar-refractivity contribution in [1.82, 2.24) is 0 Å². The van der Waals surface area contributed by atoms with E-state index in [1.54, 1.807) is 0 Å². The number of benzene rings is 2. The number of methoxy groups -OCH3 is 1. The van der Waals surface area contributed by atoms with Crippen LogP contribution in [0.15, 0.2) is 54.5 Å². The van der Waals surface area contributed by atoms with Crippen molar-refractivity contribution in [2.24, 2.45) is 0 Å². The number of alkyl halides is 3. The monoisotopic (exact) mass is 446 g/mol. The molecule has 0 saturated carbocycles. The lowest BCUT2D eigenvalue weighted by Gasteiger charge is -2.13. The van der Waals surface area contributed by atoms with Crippen LogP contribution < -0.4 is 9.47 Å². The van der Waals surface area contributed by atoms with Crippen LogP contribution in [0, 0.1) is 0 Å². The van der Waals surface area contributed by atoms with E-state index in [1.165, 1.54) is 30.3 Å². The minimum Gasteiger partial charge on any atom is -0.492 e. The summed E-state index contributed by atoms with van der Waals surface area (Å²) in [4.78, 5) is 23.3. The van der Waals surface area contributed by atoms with E-state index in [0.717, 1.165) is 25.5 Å². The third-order valence-corrected chi connectivity index (χ3v) is 3.64. The van der Waals surface area contributed by atoms with Crippen LogP contribution in [0.5, 0.6) is 11.5 Å². The molecule has 0 fully saturated rings. The molecule has 2 rings (SSSR count). The Hall–Kier alpha value is -3.40. The summed E-state index contributed by atoms with van der Waals surface area (Å²) >= 11 is 5.76. The second-order valence-corrected chi connectivity index (χ2v) is 5.92. The number of carboxylic acid groups (broad SMARTS) is 1. The van der Waals surface area contributed by atoms with E-state index in [-0.39, 0.29) is 21.9 Å². The third-order valence-electron chi connectivity index (χ3n) is 3.41. The van der Waals surface area contributed by atoms with Crippen molar-refractivity contribution in [1.29, 1.82) is 0 Å². The largest absolute Gasteiger partial charge is 0.573 e. The van der Waals surface area contributed by atoms with Crippen molar-refractivity contribution < 1.29 is 46.8 Å². The minimum absolute atomic E-state index is 0.0352. The van der Waals surface area contributed by atoms with Gasteiger partial charge in [-0.1, -0.05) is 29.8 Å². The Morgan fingerprint density at radius 1 is 1.13 bits per heavy atom. The molecule has 0 aliphatic heterocycles. The van der Waals surface area contributed by atoms with Crippen LogP contribution in [0.4, 0.5) is 13.2 Å². The van der Waals surface area contributed by atoms with E-state index in [0.29, 0.717) is 0 Å². The minimum atomic E-state index is -4.89. The molecule has 2 aromatic rings. The lowest BCUT2D eigenvalue weighted by molar-refractivity contribution is -0.275. The summed E-state index contributed by atoms with van der Waals surface area (Å²) in [5.74, 6) is -3.63. The van der Waals surface area contributed by atoms with E-state index in [1.807, 2.05) is 0 Å². The van der Waals surface area contributed by atoms with Gasteiger partial charge < -0.3 is 24.1 Å². The molecular weight excluding hydrogens is 433 g/mol. The Morgan fingerprint density at radius 3 is 2.47 bits per heavy atom. The molecule has 0 spiro atoms. The maximum atomic E-state index is 12.5. The average Bonchev–Trinajstić information content (AvgIpc) is 2.67. The second kappa shape index (κ2) is 9.88. The molecule has 1 N–H and O–H groups in total. The smallest absolute Gasteiger partial charge is 0.492 e. The molecule has 0 unspecified atom stereocenters. The van der Waals surface area contributed by atoms with E-state index in [9.17, 15) is 27.9 Å². The number of para-hydroxylation sites is 1. The summed E-state index contributed by atoms with van der Waals surface area (Å²) in [7, 11) is 1.05. The fraction of sp³-hybridized carbons (Fsp3) is 0.158. The van der Waals surface area contributed by atoms with E-state index < -0.39 is 36.4 Å². The highest BCUT2D eigenvalue weighted by atomic mass is 35.5. The van der Waals surface area contributed by atoms with E-state index in [2.05, 4.69) is 9.47 Å². The maximum Gasteiger partial charge on any atom is 0.573 e. The van der Waals surface area contributed by atoms with Gasteiger partial charge in [0.1, 0.15) is 29.9 Å². The Bertz CT molecular complexity index is 957. The average molecular weight is 447 g/mol. The molecule has 0 aliphatic rings. The van der Waals surface area contributed by atoms with Crippen molar-refractivity contribution >= 4 is 23.5 Å². The lowest BCUT2D eigenvalue weighted by Crippen LogP contribution is -2.18. The molecule has 0 bridgehead atoms. The number of aromatic carboxylic acids is 1. The first-order valence-corrected chi connectivity index (χ1v) is 8.43. The zero-order valence-corrected chi connectivity index (χ0v) is 16.0. The van der Waals surface area contributed by atoms with Crippen molar-refractivity contribution in [3.05, 3.63) is 70.6 Å². The summed E-state index contributed by atoms with van der Waals surface area (Å²) in [6.45, 7) is -0.414. The Labute approximate surface area is 173 Å². The van der Waals surface area contributed by atoms with Gasteiger partial charge in [-0.25, -0.2) is 9.59 Å². The van der Waals surface area contributed by atoms with Gasteiger partial charge in [-0.05, 0) is 24.3 Å². The number of carbonyl (C=O) groups is 2. The lowest BCUT2D eigenvalue weighted by atomic mass is 10.2. The second-order valence-electron chi connectivity index (χ2n) is 5.49. The summed E-state index contributed by atoms with van der Waals surface area (Å²) < 4.78 is 56.3. The molecule has 11 heteroatoms. The molecule has 30 heavy (non-hydrogen) atoms. The Kier molecular flexibility index (Phi) is 7.54. The zero-order chi connectivity index (χ0) is 22.3. The Balaban J connectivity index is 2.22. The molecule has 0 radical (unpaired) electrons. The fourth-order valence-electron chi connectivity index (χ4n) is 2.15. The number of esters is 1. The van der Waals surface area contributed by atoms with Crippen LogP contribution in [-0.2, 0) is 20.9 Å². The van der Waals surface area contributed by atoms with Gasteiger partial charge in [-0.2, -0.15) is 0 Å². The van der Waals surface area contributed by atoms with Gasteiger partial charge in [0.05, 0.1) is 7.11 Å². The van der Waals surface area contributed by atoms with Crippen molar-refractivity contribution in [2.45, 2.75) is 13.0 Å². The van der Waals surface area contributed by atoms with Crippen molar-refractivity contribution in [3.8, 4) is 11.5 Å². The normalized spacial score (nSPS) is 11.6. The topological polar surface area (TPSA) is 91.3 Å². The molecule has 0 heterocycles. The van der Waals surface area contributed by atoms with Gasteiger partial charge in [0, 0.05) is 10.6 Å². The van der Waals surface area contributed by atoms with Crippen LogP contribution in [-0.4, -0.2) is 30.5 Å². The number of hydrogen-bond acceptors (Lipinski definition) is 6.